The molecule has 0 bridgehead atoms. The van der Waals surface area contributed by atoms with Gasteiger partial charge in [0.25, 0.3) is 0 Å². The second kappa shape index (κ2) is 8.19. The lowest BCUT2D eigenvalue weighted by molar-refractivity contribution is 0.299. The minimum Gasteiger partial charge on any atom is -0.469 e. The van der Waals surface area contributed by atoms with Gasteiger partial charge < -0.3 is 15.1 Å². The molecule has 0 aromatic carbocycles. The molecule has 0 radical (unpaired) electrons. The van der Waals surface area contributed by atoms with Crippen molar-refractivity contribution in [1.82, 2.24) is 15.5 Å². The summed E-state index contributed by atoms with van der Waals surface area (Å²) in [6, 6.07) is 3.82. The summed E-state index contributed by atoms with van der Waals surface area (Å²) in [6.45, 7) is 3.53. The van der Waals surface area contributed by atoms with Crippen molar-refractivity contribution in [3.63, 3.8) is 0 Å². The van der Waals surface area contributed by atoms with Gasteiger partial charge in [0, 0.05) is 46.2 Å². The van der Waals surface area contributed by atoms with Crippen LogP contribution in [0, 0.1) is 0 Å². The first-order chi connectivity index (χ1) is 10.6. The summed E-state index contributed by atoms with van der Waals surface area (Å²) in [5.41, 5.74) is 0. The average Bonchev–Trinajstić information content (AvgIpc) is 3.00. The molecule has 7 nitrogen and oxygen atoms in total. The van der Waals surface area contributed by atoms with Crippen LogP contribution in [0.4, 0.5) is 0 Å². The quantitative estimate of drug-likeness (QED) is 0.552. The SMILES string of the molecule is CN=C(NCCc1ccco1)NCCN1CCS(=O)(=O)CC1. The van der Waals surface area contributed by atoms with E-state index in [4.69, 9.17) is 4.42 Å². The zero-order chi connectivity index (χ0) is 15.8. The van der Waals surface area contributed by atoms with Crippen molar-refractivity contribution in [3.05, 3.63) is 24.2 Å². The second-order valence-electron chi connectivity index (χ2n) is 5.25. The lowest BCUT2D eigenvalue weighted by Crippen LogP contribution is -2.46. The van der Waals surface area contributed by atoms with E-state index in [2.05, 4.69) is 20.5 Å². The molecular formula is C14H24N4O3S. The molecule has 1 aromatic heterocycles. The van der Waals surface area contributed by atoms with E-state index >= 15 is 0 Å². The minimum atomic E-state index is -2.80. The van der Waals surface area contributed by atoms with Gasteiger partial charge in [-0.1, -0.05) is 0 Å². The van der Waals surface area contributed by atoms with Gasteiger partial charge in [-0.05, 0) is 12.1 Å². The molecule has 1 aliphatic heterocycles. The van der Waals surface area contributed by atoms with Gasteiger partial charge in [0.15, 0.2) is 15.8 Å². The summed E-state index contributed by atoms with van der Waals surface area (Å²) >= 11 is 0. The van der Waals surface area contributed by atoms with Crippen LogP contribution in [0.3, 0.4) is 0 Å². The first-order valence-electron chi connectivity index (χ1n) is 7.49. The number of aliphatic imine (C=N–C) groups is 1. The van der Waals surface area contributed by atoms with Gasteiger partial charge in [0.1, 0.15) is 5.76 Å². The molecule has 1 aromatic rings. The van der Waals surface area contributed by atoms with E-state index in [0.717, 1.165) is 37.8 Å². The number of rotatable bonds is 6. The Balaban J connectivity index is 1.60. The Morgan fingerprint density at radius 3 is 2.68 bits per heavy atom. The molecule has 2 heterocycles. The van der Waals surface area contributed by atoms with Crippen molar-refractivity contribution in [3.8, 4) is 0 Å². The van der Waals surface area contributed by atoms with E-state index in [1.165, 1.54) is 0 Å². The number of hydrogen-bond donors (Lipinski definition) is 2. The van der Waals surface area contributed by atoms with Crippen LogP contribution < -0.4 is 10.6 Å². The maximum Gasteiger partial charge on any atom is 0.191 e. The summed E-state index contributed by atoms with van der Waals surface area (Å²) in [6.07, 6.45) is 2.47. The third-order valence-corrected chi connectivity index (χ3v) is 5.23. The van der Waals surface area contributed by atoms with Gasteiger partial charge in [-0.2, -0.15) is 0 Å². The highest BCUT2D eigenvalue weighted by molar-refractivity contribution is 7.91. The molecule has 8 heteroatoms. The van der Waals surface area contributed by atoms with Crippen molar-refractivity contribution in [2.24, 2.45) is 4.99 Å². The van der Waals surface area contributed by atoms with Crippen LogP contribution in [0.15, 0.2) is 27.8 Å². The third-order valence-electron chi connectivity index (χ3n) is 3.63. The van der Waals surface area contributed by atoms with Gasteiger partial charge in [-0.25, -0.2) is 8.42 Å². The van der Waals surface area contributed by atoms with Crippen molar-refractivity contribution < 1.29 is 12.8 Å². The topological polar surface area (TPSA) is 86.9 Å². The summed E-state index contributed by atoms with van der Waals surface area (Å²) in [5.74, 6) is 2.22. The number of guanidine groups is 1. The average molecular weight is 328 g/mol. The Bertz CT molecular complexity index is 555. The molecule has 0 aliphatic carbocycles. The maximum absolute atomic E-state index is 11.4. The van der Waals surface area contributed by atoms with Crippen LogP contribution in [-0.2, 0) is 16.3 Å². The predicted molar refractivity (Wildman–Crippen MR) is 86.9 cm³/mol. The predicted octanol–water partition coefficient (Wildman–Crippen LogP) is -0.282. The minimum absolute atomic E-state index is 0.267. The highest BCUT2D eigenvalue weighted by atomic mass is 32.2. The zero-order valence-electron chi connectivity index (χ0n) is 12.9. The van der Waals surface area contributed by atoms with E-state index in [1.807, 2.05) is 12.1 Å². The van der Waals surface area contributed by atoms with Crippen molar-refractivity contribution in [1.29, 1.82) is 0 Å². The third kappa shape index (κ3) is 5.69. The largest absolute Gasteiger partial charge is 0.469 e. The van der Waals surface area contributed by atoms with Crippen molar-refractivity contribution in [2.45, 2.75) is 6.42 Å². The summed E-state index contributed by atoms with van der Waals surface area (Å²) in [5, 5.41) is 6.46. The van der Waals surface area contributed by atoms with E-state index in [-0.39, 0.29) is 11.5 Å². The molecule has 124 valence electrons. The van der Waals surface area contributed by atoms with Crippen LogP contribution in [0.2, 0.25) is 0 Å². The summed E-state index contributed by atoms with van der Waals surface area (Å²) in [4.78, 5) is 6.32. The standard InChI is InChI=1S/C14H24N4O3S/c1-15-14(16-5-4-13-3-2-10-21-13)17-6-7-18-8-11-22(19,20)12-9-18/h2-3,10H,4-9,11-12H2,1H3,(H2,15,16,17). The van der Waals surface area contributed by atoms with Crippen LogP contribution >= 0.6 is 0 Å². The Labute approximate surface area is 131 Å². The lowest BCUT2D eigenvalue weighted by atomic mass is 10.3. The second-order valence-corrected chi connectivity index (χ2v) is 7.55. The van der Waals surface area contributed by atoms with E-state index in [9.17, 15) is 8.42 Å². The molecule has 0 unspecified atom stereocenters. The van der Waals surface area contributed by atoms with Gasteiger partial charge in [-0.15, -0.1) is 0 Å². The van der Waals surface area contributed by atoms with E-state index in [0.29, 0.717) is 13.1 Å². The normalized spacial score (nSPS) is 19.0. The van der Waals surface area contributed by atoms with Gasteiger partial charge in [0.05, 0.1) is 17.8 Å². The molecular weight excluding hydrogens is 304 g/mol. The molecule has 0 spiro atoms. The van der Waals surface area contributed by atoms with E-state index < -0.39 is 9.84 Å². The molecule has 1 fully saturated rings. The van der Waals surface area contributed by atoms with Crippen LogP contribution in [0.5, 0.6) is 0 Å². The maximum atomic E-state index is 11.4. The first kappa shape index (κ1) is 16.8. The fourth-order valence-corrected chi connectivity index (χ4v) is 3.56. The molecule has 2 N–H and O–H groups in total. The van der Waals surface area contributed by atoms with Gasteiger partial charge in [-0.3, -0.25) is 9.89 Å². The summed E-state index contributed by atoms with van der Waals surface area (Å²) < 4.78 is 28.0. The molecule has 2 rings (SSSR count). The van der Waals surface area contributed by atoms with Crippen LogP contribution in [0.1, 0.15) is 5.76 Å². The summed E-state index contributed by atoms with van der Waals surface area (Å²) in [7, 11) is -1.07. The van der Waals surface area contributed by atoms with Crippen LogP contribution in [0.25, 0.3) is 0 Å². The fraction of sp³-hybridized carbons (Fsp3) is 0.643. The number of nitrogens with zero attached hydrogens (tertiary/aromatic N) is 2. The molecule has 0 saturated carbocycles. The fourth-order valence-electron chi connectivity index (χ4n) is 2.29. The zero-order valence-corrected chi connectivity index (χ0v) is 13.7. The Morgan fingerprint density at radius 2 is 2.05 bits per heavy atom. The molecule has 22 heavy (non-hydrogen) atoms. The number of hydrogen-bond acceptors (Lipinski definition) is 5. The first-order valence-corrected chi connectivity index (χ1v) is 9.31. The number of sulfone groups is 1. The smallest absolute Gasteiger partial charge is 0.191 e. The highest BCUT2D eigenvalue weighted by Crippen LogP contribution is 2.02. The monoisotopic (exact) mass is 328 g/mol. The van der Waals surface area contributed by atoms with Crippen molar-refractivity contribution >= 4 is 15.8 Å². The van der Waals surface area contributed by atoms with Crippen molar-refractivity contribution in [2.75, 3.05) is 51.3 Å². The highest BCUT2D eigenvalue weighted by Gasteiger charge is 2.20. The Hall–Kier alpha value is -1.54. The number of nitrogens with one attached hydrogen (secondary N) is 2. The Morgan fingerprint density at radius 1 is 1.32 bits per heavy atom. The Kier molecular flexibility index (Phi) is 6.26. The number of furan rings is 1. The molecule has 1 saturated heterocycles. The lowest BCUT2D eigenvalue weighted by Gasteiger charge is -2.26. The van der Waals surface area contributed by atoms with E-state index in [1.54, 1.807) is 13.3 Å². The van der Waals surface area contributed by atoms with Gasteiger partial charge >= 0.3 is 0 Å². The molecule has 1 aliphatic rings. The van der Waals surface area contributed by atoms with Gasteiger partial charge in [0.2, 0.25) is 0 Å². The molecule has 0 atom stereocenters. The molecule has 0 amide bonds. The van der Waals surface area contributed by atoms with Crippen LogP contribution in [-0.4, -0.2) is 70.6 Å².